The second-order valence-corrected chi connectivity index (χ2v) is 9.65. The van der Waals surface area contributed by atoms with Crippen LogP contribution in [0.15, 0.2) is 65.2 Å². The molecule has 0 saturated carbocycles. The summed E-state index contributed by atoms with van der Waals surface area (Å²) in [7, 11) is 0. The molecular weight excluding hydrogens is 459 g/mol. The number of nitrogens with zero attached hydrogens (tertiary/aromatic N) is 3. The van der Waals surface area contributed by atoms with Crippen LogP contribution in [0.2, 0.25) is 0 Å². The van der Waals surface area contributed by atoms with Gasteiger partial charge in [0.25, 0.3) is 0 Å². The molecule has 2 saturated heterocycles. The van der Waals surface area contributed by atoms with Crippen LogP contribution in [0, 0.1) is 17.7 Å². The minimum Gasteiger partial charge on any atom is -0.486 e. The Morgan fingerprint density at radius 2 is 1.83 bits per heavy atom. The van der Waals surface area contributed by atoms with Crippen molar-refractivity contribution in [1.82, 2.24) is 15.4 Å². The Morgan fingerprint density at radius 3 is 2.61 bits per heavy atom. The average molecular weight is 493 g/mol. The summed E-state index contributed by atoms with van der Waals surface area (Å²) in [5.74, 6) is 2.13. The van der Waals surface area contributed by atoms with E-state index in [0.717, 1.165) is 56.2 Å². The predicted molar refractivity (Wildman–Crippen MR) is 135 cm³/mol. The maximum absolute atomic E-state index is 13.2. The van der Waals surface area contributed by atoms with Gasteiger partial charge in [-0.2, -0.15) is 0 Å². The van der Waals surface area contributed by atoms with Crippen molar-refractivity contribution in [3.05, 3.63) is 77.9 Å². The second kappa shape index (κ2) is 11.6. The first-order valence-corrected chi connectivity index (χ1v) is 12.8. The lowest BCUT2D eigenvalue weighted by Crippen LogP contribution is -2.50. The van der Waals surface area contributed by atoms with Gasteiger partial charge in [0.05, 0.1) is 5.69 Å². The molecule has 3 aromatic rings. The molecule has 2 aliphatic rings. The highest BCUT2D eigenvalue weighted by atomic mass is 19.1. The molecule has 2 aliphatic heterocycles. The minimum atomic E-state index is -0.230. The van der Waals surface area contributed by atoms with Crippen molar-refractivity contribution in [2.24, 2.45) is 11.8 Å². The summed E-state index contributed by atoms with van der Waals surface area (Å²) in [5, 5.41) is 7.74. The summed E-state index contributed by atoms with van der Waals surface area (Å²) in [6.45, 7) is 5.06. The number of piperidine rings is 1. The fraction of sp³-hybridized carbons (Fsp3) is 0.429. The van der Waals surface area contributed by atoms with Crippen LogP contribution in [0.5, 0.6) is 5.75 Å². The molecule has 3 heterocycles. The number of para-hydroxylation sites is 1. The molecule has 0 aliphatic carbocycles. The molecule has 1 aromatic heterocycles. The van der Waals surface area contributed by atoms with Crippen molar-refractivity contribution in [3.8, 4) is 5.75 Å². The third-order valence-corrected chi connectivity index (χ3v) is 7.23. The van der Waals surface area contributed by atoms with E-state index in [1.54, 1.807) is 12.1 Å². The predicted octanol–water partition coefficient (Wildman–Crippen LogP) is 3.90. The van der Waals surface area contributed by atoms with Crippen LogP contribution in [0.25, 0.3) is 0 Å². The Balaban J connectivity index is 1.11. The summed E-state index contributed by atoms with van der Waals surface area (Å²) in [6.07, 6.45) is 2.32. The smallest absolute Gasteiger partial charge is 0.222 e. The molecule has 0 bridgehead atoms. The quantitative estimate of drug-likeness (QED) is 0.514. The number of carbonyl (C=O) groups is 1. The molecule has 2 atom stereocenters. The van der Waals surface area contributed by atoms with Gasteiger partial charge in [0.15, 0.2) is 5.76 Å². The van der Waals surface area contributed by atoms with Gasteiger partial charge in [0.2, 0.25) is 5.91 Å². The Labute approximate surface area is 211 Å². The summed E-state index contributed by atoms with van der Waals surface area (Å²) < 4.78 is 24.5. The van der Waals surface area contributed by atoms with E-state index in [1.165, 1.54) is 12.1 Å². The first kappa shape index (κ1) is 24.3. The van der Waals surface area contributed by atoms with Gasteiger partial charge in [-0.15, -0.1) is 0 Å². The molecule has 8 heteroatoms. The van der Waals surface area contributed by atoms with E-state index in [-0.39, 0.29) is 11.7 Å². The highest BCUT2D eigenvalue weighted by Crippen LogP contribution is 2.28. The third kappa shape index (κ3) is 6.23. The number of halogens is 1. The summed E-state index contributed by atoms with van der Waals surface area (Å²) in [5.41, 5.74) is 1.91. The molecule has 1 amide bonds. The van der Waals surface area contributed by atoms with Crippen LogP contribution >= 0.6 is 0 Å². The van der Waals surface area contributed by atoms with E-state index in [9.17, 15) is 9.18 Å². The van der Waals surface area contributed by atoms with Crippen molar-refractivity contribution in [1.29, 1.82) is 0 Å². The first-order chi connectivity index (χ1) is 17.6. The number of aromatic nitrogens is 1. The first-order valence-electron chi connectivity index (χ1n) is 12.8. The minimum absolute atomic E-state index is 0.225. The normalized spacial score (nSPS) is 20.4. The number of nitrogens with one attached hydrogen (secondary N) is 1. The zero-order valence-electron chi connectivity index (χ0n) is 20.4. The third-order valence-electron chi connectivity index (χ3n) is 7.23. The number of amides is 1. The van der Waals surface area contributed by atoms with Gasteiger partial charge in [-0.25, -0.2) is 4.39 Å². The zero-order valence-corrected chi connectivity index (χ0v) is 20.4. The lowest BCUT2D eigenvalue weighted by Gasteiger charge is -2.38. The number of ether oxygens (including phenoxy) is 1. The molecule has 0 radical (unpaired) electrons. The molecule has 1 N–H and O–H groups in total. The standard InChI is InChI=1S/C28H33FN4O3/c29-23-6-8-25(9-7-23)32-12-14-33(15-13-32)28(34)17-21-10-11-30-19-22(21)16-24-18-27(36-31-24)20-35-26-4-2-1-3-5-26/h1-9,18,21-22,30H,10-17,19-20H2/t21-,22-/m0/s1. The SMILES string of the molecule is O=C(C[C@@H]1CCNC[C@@H]1Cc1cc(COc2ccccc2)on1)N1CCN(c2ccc(F)cc2)CC1. The largest absolute Gasteiger partial charge is 0.486 e. The lowest BCUT2D eigenvalue weighted by atomic mass is 9.81. The number of piperazine rings is 1. The summed E-state index contributed by atoms with van der Waals surface area (Å²) in [6, 6.07) is 18.2. The van der Waals surface area contributed by atoms with Crippen LogP contribution in [-0.4, -0.2) is 55.2 Å². The fourth-order valence-corrected chi connectivity index (χ4v) is 5.16. The van der Waals surface area contributed by atoms with Crippen molar-refractivity contribution in [2.45, 2.75) is 25.9 Å². The van der Waals surface area contributed by atoms with E-state index in [1.807, 2.05) is 41.3 Å². The number of rotatable bonds is 8. The van der Waals surface area contributed by atoms with Gasteiger partial charge in [-0.05, 0) is 74.2 Å². The average Bonchev–Trinajstić information content (AvgIpc) is 3.37. The molecule has 0 unspecified atom stereocenters. The van der Waals surface area contributed by atoms with Crippen molar-refractivity contribution < 1.29 is 18.4 Å². The van der Waals surface area contributed by atoms with E-state index in [2.05, 4.69) is 15.4 Å². The van der Waals surface area contributed by atoms with Crippen molar-refractivity contribution >= 4 is 11.6 Å². The van der Waals surface area contributed by atoms with Gasteiger partial charge in [0.1, 0.15) is 18.2 Å². The van der Waals surface area contributed by atoms with Crippen LogP contribution in [0.4, 0.5) is 10.1 Å². The van der Waals surface area contributed by atoms with E-state index in [4.69, 9.17) is 9.26 Å². The van der Waals surface area contributed by atoms with E-state index in [0.29, 0.717) is 43.7 Å². The fourth-order valence-electron chi connectivity index (χ4n) is 5.16. The zero-order chi connectivity index (χ0) is 24.7. The Kier molecular flexibility index (Phi) is 7.81. The van der Waals surface area contributed by atoms with Crippen LogP contribution in [0.1, 0.15) is 24.3 Å². The van der Waals surface area contributed by atoms with Crippen molar-refractivity contribution in [3.63, 3.8) is 0 Å². The molecular formula is C28H33FN4O3. The molecule has 5 rings (SSSR count). The Bertz CT molecular complexity index is 1110. The summed E-state index contributed by atoms with van der Waals surface area (Å²) >= 11 is 0. The number of carbonyl (C=O) groups excluding carboxylic acids is 1. The molecule has 0 spiro atoms. The van der Waals surface area contributed by atoms with Gasteiger partial charge < -0.3 is 24.4 Å². The van der Waals surface area contributed by atoms with Crippen LogP contribution in [0.3, 0.4) is 0 Å². The maximum Gasteiger partial charge on any atom is 0.222 e. The lowest BCUT2D eigenvalue weighted by molar-refractivity contribution is -0.133. The monoisotopic (exact) mass is 492 g/mol. The molecule has 2 fully saturated rings. The number of hydrogen-bond acceptors (Lipinski definition) is 6. The summed E-state index contributed by atoms with van der Waals surface area (Å²) in [4.78, 5) is 17.4. The van der Waals surface area contributed by atoms with Gasteiger partial charge in [-0.1, -0.05) is 23.4 Å². The highest BCUT2D eigenvalue weighted by molar-refractivity contribution is 5.77. The Hall–Kier alpha value is -3.39. The van der Waals surface area contributed by atoms with E-state index >= 15 is 0 Å². The van der Waals surface area contributed by atoms with Gasteiger partial charge >= 0.3 is 0 Å². The van der Waals surface area contributed by atoms with Gasteiger partial charge in [0, 0.05) is 44.4 Å². The molecule has 2 aromatic carbocycles. The van der Waals surface area contributed by atoms with Crippen molar-refractivity contribution in [2.75, 3.05) is 44.2 Å². The topological polar surface area (TPSA) is 70.8 Å². The van der Waals surface area contributed by atoms with E-state index < -0.39 is 0 Å². The van der Waals surface area contributed by atoms with Crippen LogP contribution in [-0.2, 0) is 17.8 Å². The number of benzene rings is 2. The van der Waals surface area contributed by atoms with Crippen LogP contribution < -0.4 is 15.0 Å². The molecule has 190 valence electrons. The number of anilines is 1. The van der Waals surface area contributed by atoms with Gasteiger partial charge in [-0.3, -0.25) is 4.79 Å². The molecule has 36 heavy (non-hydrogen) atoms. The molecule has 7 nitrogen and oxygen atoms in total. The maximum atomic E-state index is 13.2. The number of hydrogen-bond donors (Lipinski definition) is 1. The second-order valence-electron chi connectivity index (χ2n) is 9.65. The Morgan fingerprint density at radius 1 is 1.06 bits per heavy atom. The highest BCUT2D eigenvalue weighted by Gasteiger charge is 2.30.